The largest absolute Gasteiger partial charge is 0.476 e. The highest BCUT2D eigenvalue weighted by Crippen LogP contribution is 2.46. The molecule has 2 aromatic rings. The number of aromatic nitrogens is 2. The summed E-state index contributed by atoms with van der Waals surface area (Å²) in [5.41, 5.74) is -0.823. The van der Waals surface area contributed by atoms with Crippen LogP contribution in [0.4, 0.5) is 4.39 Å². The molecule has 3 rings (SSSR count). The smallest absolute Gasteiger partial charge is 0.459 e. The van der Waals surface area contributed by atoms with Crippen molar-refractivity contribution in [1.82, 2.24) is 14.6 Å². The number of esters is 1. The highest BCUT2D eigenvalue weighted by molar-refractivity contribution is 7.52. The number of carbonyl (C=O) groups excluding carboxylic acids is 1. The average Bonchev–Trinajstić information content (AvgIpc) is 3.32. The molecule has 1 aromatic heterocycles. The summed E-state index contributed by atoms with van der Waals surface area (Å²) in [5.74, 6) is -1.56. The Bertz CT molecular complexity index is 1210. The third kappa shape index (κ3) is 8.32. The van der Waals surface area contributed by atoms with Crippen LogP contribution in [-0.2, 0) is 32.8 Å². The van der Waals surface area contributed by atoms with Gasteiger partial charge in [0, 0.05) is 27.1 Å². The molecular formula is C25H35FN3O10P. The van der Waals surface area contributed by atoms with Crippen LogP contribution in [-0.4, -0.2) is 67.5 Å². The SMILES string of the molecule is CCOc1nc(=O)n(C2CC(OC(=O)CC)C(COP(=O)(NC(C)C(OC)OC)Oc3ccccc3)O2)cc1F. The van der Waals surface area contributed by atoms with E-state index in [-0.39, 0.29) is 31.8 Å². The average molecular weight is 588 g/mol. The van der Waals surface area contributed by atoms with E-state index in [0.717, 1.165) is 10.8 Å². The van der Waals surface area contributed by atoms with Crippen LogP contribution in [0.1, 0.15) is 39.8 Å². The first-order chi connectivity index (χ1) is 19.1. The van der Waals surface area contributed by atoms with E-state index < -0.39 is 61.9 Å². The lowest BCUT2D eigenvalue weighted by atomic mass is 10.2. The molecule has 0 spiro atoms. The van der Waals surface area contributed by atoms with Crippen molar-refractivity contribution in [3.63, 3.8) is 0 Å². The van der Waals surface area contributed by atoms with E-state index in [2.05, 4.69) is 10.1 Å². The van der Waals surface area contributed by atoms with Gasteiger partial charge in [-0.3, -0.25) is 13.9 Å². The van der Waals surface area contributed by atoms with Gasteiger partial charge in [0.25, 0.3) is 5.88 Å². The molecule has 15 heteroatoms. The van der Waals surface area contributed by atoms with Crippen LogP contribution in [0.2, 0.25) is 0 Å². The molecule has 5 unspecified atom stereocenters. The second kappa shape index (κ2) is 14.7. The molecule has 1 fully saturated rings. The number of para-hydroxylation sites is 1. The maximum Gasteiger partial charge on any atom is 0.459 e. The Morgan fingerprint density at radius 2 is 1.95 bits per heavy atom. The summed E-state index contributed by atoms with van der Waals surface area (Å²) >= 11 is 0. The van der Waals surface area contributed by atoms with E-state index in [4.69, 9.17) is 32.7 Å². The van der Waals surface area contributed by atoms with Crippen molar-refractivity contribution in [1.29, 1.82) is 0 Å². The molecule has 1 aromatic carbocycles. The van der Waals surface area contributed by atoms with E-state index in [1.54, 1.807) is 51.1 Å². The number of hydrogen-bond donors (Lipinski definition) is 1. The second-order valence-corrected chi connectivity index (χ2v) is 10.4. The van der Waals surface area contributed by atoms with Gasteiger partial charge in [-0.25, -0.2) is 14.4 Å². The highest BCUT2D eigenvalue weighted by Gasteiger charge is 2.42. The van der Waals surface area contributed by atoms with Crippen molar-refractivity contribution in [2.75, 3.05) is 27.4 Å². The Morgan fingerprint density at radius 3 is 2.58 bits per heavy atom. The molecule has 40 heavy (non-hydrogen) atoms. The summed E-state index contributed by atoms with van der Waals surface area (Å²) in [6.45, 7) is 4.65. The van der Waals surface area contributed by atoms with Gasteiger partial charge in [0.1, 0.15) is 24.2 Å². The number of hydrogen-bond acceptors (Lipinski definition) is 11. The van der Waals surface area contributed by atoms with Crippen LogP contribution in [0.3, 0.4) is 0 Å². The highest BCUT2D eigenvalue weighted by atomic mass is 31.2. The first-order valence-corrected chi connectivity index (χ1v) is 14.3. The molecule has 1 saturated heterocycles. The first-order valence-electron chi connectivity index (χ1n) is 12.7. The summed E-state index contributed by atoms with van der Waals surface area (Å²) < 4.78 is 67.7. The normalized spacial score (nSPS) is 21.1. The van der Waals surface area contributed by atoms with Crippen molar-refractivity contribution in [3.8, 4) is 11.6 Å². The van der Waals surface area contributed by atoms with Crippen LogP contribution >= 0.6 is 7.75 Å². The van der Waals surface area contributed by atoms with Gasteiger partial charge in [0.2, 0.25) is 5.82 Å². The second-order valence-electron chi connectivity index (χ2n) is 8.72. The van der Waals surface area contributed by atoms with E-state index in [1.807, 2.05) is 0 Å². The third-order valence-electron chi connectivity index (χ3n) is 5.83. The fraction of sp³-hybridized carbons (Fsp3) is 0.560. The first kappa shape index (κ1) is 31.7. The van der Waals surface area contributed by atoms with Crippen molar-refractivity contribution in [2.45, 2.75) is 64.4 Å². The predicted molar refractivity (Wildman–Crippen MR) is 139 cm³/mol. The van der Waals surface area contributed by atoms with Crippen molar-refractivity contribution in [2.24, 2.45) is 0 Å². The molecular weight excluding hydrogens is 552 g/mol. The van der Waals surface area contributed by atoms with Gasteiger partial charge in [0.15, 0.2) is 6.29 Å². The van der Waals surface area contributed by atoms with Gasteiger partial charge in [-0.15, -0.1) is 0 Å². The Hall–Kier alpha value is -2.87. The minimum Gasteiger partial charge on any atom is -0.476 e. The van der Waals surface area contributed by atoms with Crippen molar-refractivity contribution in [3.05, 3.63) is 52.8 Å². The van der Waals surface area contributed by atoms with Gasteiger partial charge in [-0.2, -0.15) is 9.37 Å². The number of carbonyl (C=O) groups is 1. The summed E-state index contributed by atoms with van der Waals surface area (Å²) in [7, 11) is -1.26. The lowest BCUT2D eigenvalue weighted by Gasteiger charge is -2.28. The summed E-state index contributed by atoms with van der Waals surface area (Å²) in [4.78, 5) is 28.3. The third-order valence-corrected chi connectivity index (χ3v) is 7.49. The number of ether oxygens (including phenoxy) is 5. The van der Waals surface area contributed by atoms with Crippen molar-refractivity contribution >= 4 is 13.7 Å². The monoisotopic (exact) mass is 587 g/mol. The standard InChI is InChI=1S/C25H35FN3O10P/c1-6-22(30)38-19-13-21(29-14-18(26)23(35-7-2)27-25(29)31)37-20(19)15-36-40(32,28-16(3)24(33-4)34-5)39-17-11-9-8-10-12-17/h8-12,14,16,19-21,24H,6-7,13,15H2,1-5H3,(H,28,32). The number of nitrogens with zero attached hydrogens (tertiary/aromatic N) is 2. The van der Waals surface area contributed by atoms with Crippen molar-refractivity contribution < 1.29 is 46.5 Å². The van der Waals surface area contributed by atoms with E-state index in [1.165, 1.54) is 14.2 Å². The Labute approximate surface area is 231 Å². The quantitative estimate of drug-likeness (QED) is 0.186. The molecule has 0 aliphatic carbocycles. The number of methoxy groups -OCH3 is 2. The van der Waals surface area contributed by atoms with Gasteiger partial charge in [-0.05, 0) is 26.0 Å². The minimum absolute atomic E-state index is 0.0160. The van der Waals surface area contributed by atoms with E-state index >= 15 is 0 Å². The molecule has 1 aliphatic heterocycles. The maximum atomic E-state index is 14.5. The van der Waals surface area contributed by atoms with Crippen LogP contribution in [0.25, 0.3) is 0 Å². The number of benzene rings is 1. The number of nitrogens with one attached hydrogen (secondary N) is 1. The summed E-state index contributed by atoms with van der Waals surface area (Å²) in [5, 5.41) is 2.78. The van der Waals surface area contributed by atoms with Gasteiger partial charge < -0.3 is 28.2 Å². The van der Waals surface area contributed by atoms with Crippen LogP contribution in [0, 0.1) is 5.82 Å². The van der Waals surface area contributed by atoms with Crippen LogP contribution in [0.15, 0.2) is 41.3 Å². The molecule has 1 aliphatic rings. The van der Waals surface area contributed by atoms with Gasteiger partial charge in [0.05, 0.1) is 25.5 Å². The lowest BCUT2D eigenvalue weighted by molar-refractivity contribution is -0.152. The fourth-order valence-corrected chi connectivity index (χ4v) is 5.51. The van der Waals surface area contributed by atoms with E-state index in [9.17, 15) is 18.5 Å². The molecule has 1 N–H and O–H groups in total. The molecule has 0 bridgehead atoms. The zero-order valence-corrected chi connectivity index (χ0v) is 23.9. The summed E-state index contributed by atoms with van der Waals surface area (Å²) in [6.07, 6.45) is -2.76. The van der Waals surface area contributed by atoms with E-state index in [0.29, 0.717) is 0 Å². The molecule has 13 nitrogen and oxygen atoms in total. The molecule has 2 heterocycles. The Morgan fingerprint density at radius 1 is 1.25 bits per heavy atom. The van der Waals surface area contributed by atoms with Crippen LogP contribution in [0.5, 0.6) is 11.6 Å². The lowest BCUT2D eigenvalue weighted by Crippen LogP contribution is -2.40. The molecule has 0 saturated carbocycles. The molecule has 5 atom stereocenters. The predicted octanol–water partition coefficient (Wildman–Crippen LogP) is 3.19. The molecule has 0 amide bonds. The topological polar surface area (TPSA) is 146 Å². The van der Waals surface area contributed by atoms with Crippen LogP contribution < -0.4 is 20.0 Å². The Kier molecular flexibility index (Phi) is 11.6. The maximum absolute atomic E-state index is 14.5. The zero-order chi connectivity index (χ0) is 29.3. The molecule has 0 radical (unpaired) electrons. The number of rotatable bonds is 15. The fourth-order valence-electron chi connectivity index (χ4n) is 3.97. The summed E-state index contributed by atoms with van der Waals surface area (Å²) in [6, 6.07) is 7.71. The molecule has 222 valence electrons. The van der Waals surface area contributed by atoms with Gasteiger partial charge >= 0.3 is 19.4 Å². The minimum atomic E-state index is -4.11. The number of halogens is 1. The Balaban J connectivity index is 1.84. The zero-order valence-electron chi connectivity index (χ0n) is 23.0. The van der Waals surface area contributed by atoms with Gasteiger partial charge in [-0.1, -0.05) is 25.1 Å².